The maximum absolute atomic E-state index is 13.0. The molecule has 0 spiro atoms. The molecular weight excluding hydrogens is 231 g/mol. The van der Waals surface area contributed by atoms with Crippen molar-refractivity contribution in [1.82, 2.24) is 0 Å². The van der Waals surface area contributed by atoms with Gasteiger partial charge in [-0.3, -0.25) is 4.79 Å². The van der Waals surface area contributed by atoms with Gasteiger partial charge in [0.05, 0.1) is 13.2 Å². The summed E-state index contributed by atoms with van der Waals surface area (Å²) in [5.41, 5.74) is 1.18. The highest BCUT2D eigenvalue weighted by Gasteiger charge is 2.47. The van der Waals surface area contributed by atoms with Crippen LogP contribution >= 0.6 is 0 Å². The van der Waals surface area contributed by atoms with Gasteiger partial charge in [-0.1, -0.05) is 12.1 Å². The highest BCUT2D eigenvalue weighted by molar-refractivity contribution is 5.79. The topological polar surface area (TPSA) is 26.3 Å². The largest absolute Gasteiger partial charge is 0.379 e. The lowest BCUT2D eigenvalue weighted by molar-refractivity contribution is -0.127. The molecule has 2 aliphatic rings. The molecule has 0 atom stereocenters. The number of carbonyl (C=O) groups excluding carboxylic acids is 1. The zero-order valence-corrected chi connectivity index (χ0v) is 10.3. The first-order valence-corrected chi connectivity index (χ1v) is 6.56. The number of halogens is 1. The molecule has 3 heteroatoms. The Morgan fingerprint density at radius 3 is 2.22 bits per heavy atom. The standard InChI is InChI=1S/C15H17FO2/c16-13-5-1-11(2-6-13)15(9-18-10-15)12-3-7-14(17)8-4-12/h1-2,5-6,12H,3-4,7-10H2. The maximum Gasteiger partial charge on any atom is 0.132 e. The molecule has 0 N–H and O–H groups in total. The normalized spacial score (nSPS) is 23.7. The SMILES string of the molecule is O=C1CCC(C2(c3ccc(F)cc3)COC2)CC1. The van der Waals surface area contributed by atoms with Crippen molar-refractivity contribution in [3.63, 3.8) is 0 Å². The van der Waals surface area contributed by atoms with E-state index >= 15 is 0 Å². The van der Waals surface area contributed by atoms with Crippen LogP contribution in [0.1, 0.15) is 31.2 Å². The van der Waals surface area contributed by atoms with Crippen LogP contribution in [-0.4, -0.2) is 19.0 Å². The predicted molar refractivity (Wildman–Crippen MR) is 65.9 cm³/mol. The molecule has 1 aromatic carbocycles. The van der Waals surface area contributed by atoms with Crippen LogP contribution in [0.4, 0.5) is 4.39 Å². The minimum atomic E-state index is -0.201. The Kier molecular flexibility index (Phi) is 2.94. The van der Waals surface area contributed by atoms with Crippen LogP contribution in [0.25, 0.3) is 0 Å². The van der Waals surface area contributed by atoms with Crippen LogP contribution < -0.4 is 0 Å². The molecule has 1 aromatic rings. The number of Topliss-reactive ketones (excluding diaryl/α,β-unsaturated/α-hetero) is 1. The molecule has 0 aromatic heterocycles. The van der Waals surface area contributed by atoms with Crippen LogP contribution in [0.5, 0.6) is 0 Å². The smallest absolute Gasteiger partial charge is 0.132 e. The summed E-state index contributed by atoms with van der Waals surface area (Å²) in [7, 11) is 0. The van der Waals surface area contributed by atoms with Crippen LogP contribution in [0.2, 0.25) is 0 Å². The Bertz CT molecular complexity index is 438. The van der Waals surface area contributed by atoms with Gasteiger partial charge in [0.2, 0.25) is 0 Å². The third kappa shape index (κ3) is 1.87. The predicted octanol–water partition coefficient (Wildman–Crippen LogP) is 2.85. The van der Waals surface area contributed by atoms with Gasteiger partial charge in [0, 0.05) is 18.3 Å². The van der Waals surface area contributed by atoms with Gasteiger partial charge < -0.3 is 4.74 Å². The summed E-state index contributed by atoms with van der Waals surface area (Å²) in [5.74, 6) is 0.670. The van der Waals surface area contributed by atoms with Crippen LogP contribution in [-0.2, 0) is 14.9 Å². The van der Waals surface area contributed by atoms with Gasteiger partial charge in [-0.05, 0) is 36.5 Å². The Labute approximate surface area is 106 Å². The number of benzene rings is 1. The second-order valence-electron chi connectivity index (χ2n) is 5.47. The molecule has 3 rings (SSSR count). The number of hydrogen-bond donors (Lipinski definition) is 0. The van der Waals surface area contributed by atoms with Crippen LogP contribution in [0, 0.1) is 11.7 Å². The van der Waals surface area contributed by atoms with Gasteiger partial charge in [0.15, 0.2) is 0 Å². The van der Waals surface area contributed by atoms with Crippen molar-refractivity contribution in [2.45, 2.75) is 31.1 Å². The lowest BCUT2D eigenvalue weighted by Gasteiger charge is -2.49. The number of carbonyl (C=O) groups is 1. The molecular formula is C15H17FO2. The van der Waals surface area contributed by atoms with E-state index < -0.39 is 0 Å². The molecule has 18 heavy (non-hydrogen) atoms. The van der Waals surface area contributed by atoms with Gasteiger partial charge in [0.1, 0.15) is 11.6 Å². The van der Waals surface area contributed by atoms with E-state index in [9.17, 15) is 9.18 Å². The lowest BCUT2D eigenvalue weighted by Crippen LogP contribution is -2.53. The van der Waals surface area contributed by atoms with E-state index in [1.165, 1.54) is 12.1 Å². The summed E-state index contributed by atoms with van der Waals surface area (Å²) in [6.07, 6.45) is 3.26. The van der Waals surface area contributed by atoms with Gasteiger partial charge in [-0.15, -0.1) is 0 Å². The Hall–Kier alpha value is -1.22. The van der Waals surface area contributed by atoms with E-state index in [-0.39, 0.29) is 11.2 Å². The summed E-state index contributed by atoms with van der Waals surface area (Å²) < 4.78 is 18.4. The quantitative estimate of drug-likeness (QED) is 0.804. The average molecular weight is 248 g/mol. The second kappa shape index (κ2) is 4.47. The Morgan fingerprint density at radius 2 is 1.72 bits per heavy atom. The molecule has 1 heterocycles. The van der Waals surface area contributed by atoms with Crippen molar-refractivity contribution >= 4 is 5.78 Å². The first-order valence-electron chi connectivity index (χ1n) is 6.56. The minimum absolute atomic E-state index is 0.0222. The Morgan fingerprint density at radius 1 is 1.11 bits per heavy atom. The monoisotopic (exact) mass is 248 g/mol. The summed E-state index contributed by atoms with van der Waals surface area (Å²) in [4.78, 5) is 11.3. The fourth-order valence-electron chi connectivity index (χ4n) is 3.23. The number of ether oxygens (including phenoxy) is 1. The fourth-order valence-corrected chi connectivity index (χ4v) is 3.23. The van der Waals surface area contributed by atoms with Crippen molar-refractivity contribution in [3.05, 3.63) is 35.6 Å². The summed E-state index contributed by atoms with van der Waals surface area (Å²) in [5, 5.41) is 0. The first kappa shape index (κ1) is 11.8. The minimum Gasteiger partial charge on any atom is -0.379 e. The molecule has 1 aliphatic carbocycles. The van der Waals surface area contributed by atoms with Gasteiger partial charge in [-0.25, -0.2) is 4.39 Å². The maximum atomic E-state index is 13.0. The van der Waals surface area contributed by atoms with E-state index in [1.807, 2.05) is 12.1 Å². The van der Waals surface area contributed by atoms with Crippen molar-refractivity contribution in [2.24, 2.45) is 5.92 Å². The fraction of sp³-hybridized carbons (Fsp3) is 0.533. The molecule has 0 unspecified atom stereocenters. The second-order valence-corrected chi connectivity index (χ2v) is 5.47. The Balaban J connectivity index is 1.85. The van der Waals surface area contributed by atoms with E-state index in [4.69, 9.17) is 4.74 Å². The highest BCUT2D eigenvalue weighted by Crippen LogP contribution is 2.45. The van der Waals surface area contributed by atoms with Crippen LogP contribution in [0.3, 0.4) is 0 Å². The zero-order valence-electron chi connectivity index (χ0n) is 10.3. The first-order chi connectivity index (χ1) is 8.71. The zero-order chi connectivity index (χ0) is 12.6. The number of ketones is 1. The van der Waals surface area contributed by atoms with E-state index in [0.29, 0.717) is 37.8 Å². The molecule has 96 valence electrons. The lowest BCUT2D eigenvalue weighted by atomic mass is 9.63. The summed E-state index contributed by atoms with van der Waals surface area (Å²) >= 11 is 0. The van der Waals surface area contributed by atoms with Crippen LogP contribution in [0.15, 0.2) is 24.3 Å². The average Bonchev–Trinajstić information content (AvgIpc) is 2.32. The number of rotatable bonds is 2. The third-order valence-electron chi connectivity index (χ3n) is 4.46. The molecule has 2 nitrogen and oxygen atoms in total. The van der Waals surface area contributed by atoms with E-state index in [0.717, 1.165) is 18.4 Å². The van der Waals surface area contributed by atoms with Gasteiger partial charge in [-0.2, -0.15) is 0 Å². The number of hydrogen-bond acceptors (Lipinski definition) is 2. The molecule has 0 radical (unpaired) electrons. The van der Waals surface area contributed by atoms with Crippen molar-refractivity contribution < 1.29 is 13.9 Å². The van der Waals surface area contributed by atoms with Crippen molar-refractivity contribution in [1.29, 1.82) is 0 Å². The molecule has 0 bridgehead atoms. The highest BCUT2D eigenvalue weighted by atomic mass is 19.1. The summed E-state index contributed by atoms with van der Waals surface area (Å²) in [6.45, 7) is 1.41. The van der Waals surface area contributed by atoms with Gasteiger partial charge >= 0.3 is 0 Å². The molecule has 1 saturated carbocycles. The molecule has 0 amide bonds. The van der Waals surface area contributed by atoms with E-state index in [2.05, 4.69) is 0 Å². The molecule has 2 fully saturated rings. The van der Waals surface area contributed by atoms with Crippen molar-refractivity contribution in [2.75, 3.05) is 13.2 Å². The van der Waals surface area contributed by atoms with Crippen molar-refractivity contribution in [3.8, 4) is 0 Å². The molecule has 1 saturated heterocycles. The third-order valence-corrected chi connectivity index (χ3v) is 4.46. The van der Waals surface area contributed by atoms with Gasteiger partial charge in [0.25, 0.3) is 0 Å². The van der Waals surface area contributed by atoms with E-state index in [1.54, 1.807) is 0 Å². The molecule has 1 aliphatic heterocycles. The summed E-state index contributed by atoms with van der Waals surface area (Å²) in [6, 6.07) is 6.77.